The summed E-state index contributed by atoms with van der Waals surface area (Å²) in [6.45, 7) is 0. The Bertz CT molecular complexity index is 582. The Morgan fingerprint density at radius 2 is 0.773 bits per heavy atom. The van der Waals surface area contributed by atoms with Crippen molar-refractivity contribution in [2.45, 2.75) is 34.5 Å². The van der Waals surface area contributed by atoms with E-state index in [0.717, 1.165) is 0 Å². The number of benzene rings is 2. The molecule has 0 aliphatic carbocycles. The summed E-state index contributed by atoms with van der Waals surface area (Å²) in [4.78, 5) is 0. The molecule has 0 fully saturated rings. The van der Waals surface area contributed by atoms with Crippen molar-refractivity contribution in [3.8, 4) is 0 Å². The van der Waals surface area contributed by atoms with Crippen LogP contribution >= 0.6 is 0 Å². The second kappa shape index (κ2) is 6.80. The molecule has 0 aliphatic heterocycles. The summed E-state index contributed by atoms with van der Waals surface area (Å²) in [5.41, 5.74) is 2.91. The predicted octanol–water partition coefficient (Wildman–Crippen LogP) is 6.35. The monoisotopic (exact) mass is 416 g/mol. The van der Waals surface area contributed by atoms with Crippen molar-refractivity contribution in [2.24, 2.45) is 0 Å². The van der Waals surface area contributed by atoms with Crippen molar-refractivity contribution < 1.29 is 0 Å². The average Bonchev–Trinajstić information content (AvgIpc) is 2.44. The molecule has 0 spiro atoms. The van der Waals surface area contributed by atoms with Gasteiger partial charge in [0, 0.05) is 0 Å². The van der Waals surface area contributed by atoms with Gasteiger partial charge in [-0.05, 0) is 0 Å². The van der Waals surface area contributed by atoms with Gasteiger partial charge >= 0.3 is 142 Å². The van der Waals surface area contributed by atoms with E-state index < -0.39 is 26.5 Å². The third-order valence-corrected chi connectivity index (χ3v) is 13.5. The van der Waals surface area contributed by atoms with E-state index in [-0.39, 0.29) is 0 Å². The predicted molar refractivity (Wildman–Crippen MR) is 106 cm³/mol. The standard InChI is InChI=1S/C20H28Ge2/c1-21(2,3)19(17-13-9-7-10-14-17)20(22(4,5)6)18-15-11-8-12-16-18/h7-16H,1-6H3. The first-order valence-electron chi connectivity index (χ1n) is 8.07. The van der Waals surface area contributed by atoms with E-state index in [9.17, 15) is 0 Å². The third kappa shape index (κ3) is 4.17. The summed E-state index contributed by atoms with van der Waals surface area (Å²) in [6, 6.07) is 22.2. The van der Waals surface area contributed by atoms with Gasteiger partial charge in [-0.15, -0.1) is 0 Å². The molecule has 2 rings (SSSR count). The Balaban J connectivity index is 2.84. The van der Waals surface area contributed by atoms with Gasteiger partial charge in [-0.3, -0.25) is 0 Å². The molecule has 0 amide bonds. The molecule has 0 unspecified atom stereocenters. The maximum absolute atomic E-state index is 2.53. The van der Waals surface area contributed by atoms with E-state index in [4.69, 9.17) is 0 Å². The van der Waals surface area contributed by atoms with Crippen LogP contribution < -0.4 is 0 Å². The Hall–Kier alpha value is -0.734. The maximum atomic E-state index is 2.53. The summed E-state index contributed by atoms with van der Waals surface area (Å²) >= 11 is -4.02. The van der Waals surface area contributed by atoms with Crippen molar-refractivity contribution in [1.29, 1.82) is 0 Å². The zero-order valence-electron chi connectivity index (χ0n) is 14.8. The van der Waals surface area contributed by atoms with Crippen LogP contribution in [-0.4, -0.2) is 26.5 Å². The average molecular weight is 414 g/mol. The summed E-state index contributed by atoms with van der Waals surface area (Å²) in [7, 11) is 0. The van der Waals surface area contributed by atoms with Gasteiger partial charge in [0.15, 0.2) is 0 Å². The van der Waals surface area contributed by atoms with Crippen LogP contribution in [-0.2, 0) is 0 Å². The zero-order chi connectivity index (χ0) is 16.4. The van der Waals surface area contributed by atoms with Crippen LogP contribution in [0.25, 0.3) is 8.81 Å². The molecule has 0 aromatic heterocycles. The summed E-state index contributed by atoms with van der Waals surface area (Å²) in [6.07, 6.45) is 0. The normalized spacial score (nSPS) is 13.7. The van der Waals surface area contributed by atoms with Gasteiger partial charge in [0.1, 0.15) is 0 Å². The van der Waals surface area contributed by atoms with Gasteiger partial charge in [-0.1, -0.05) is 0 Å². The SMILES string of the molecule is [CH3][Ge]([CH3])([CH3])[C](=[C](c1ccccc1)[Ge]([CH3])([CH3])[CH3])c1ccccc1. The molecule has 0 aliphatic rings. The molecule has 116 valence electrons. The molecular weight excluding hydrogens is 385 g/mol. The fourth-order valence-electron chi connectivity index (χ4n) is 3.11. The summed E-state index contributed by atoms with van der Waals surface area (Å²) in [5.74, 6) is 15.2. The molecule has 22 heavy (non-hydrogen) atoms. The molecule has 0 bridgehead atoms. The van der Waals surface area contributed by atoms with E-state index in [1.165, 1.54) is 11.1 Å². The Morgan fingerprint density at radius 3 is 1.00 bits per heavy atom. The minimum absolute atomic E-state index is 1.45. The molecule has 2 heteroatoms. The zero-order valence-corrected chi connectivity index (χ0v) is 19.0. The van der Waals surface area contributed by atoms with Gasteiger partial charge in [-0.25, -0.2) is 0 Å². The Labute approximate surface area is 141 Å². The first-order chi connectivity index (χ1) is 10.2. The second-order valence-corrected chi connectivity index (χ2v) is 29.0. The van der Waals surface area contributed by atoms with Crippen LogP contribution in [0.15, 0.2) is 60.7 Å². The molecule has 0 N–H and O–H groups in total. The van der Waals surface area contributed by atoms with Gasteiger partial charge in [-0.2, -0.15) is 0 Å². The quantitative estimate of drug-likeness (QED) is 0.404. The fraction of sp³-hybridized carbons (Fsp3) is 0.300. The molecular formula is C20H28Ge2. The fourth-order valence-corrected chi connectivity index (χ4v) is 19.4. The van der Waals surface area contributed by atoms with Crippen LogP contribution in [0.3, 0.4) is 0 Å². The number of hydrogen-bond acceptors (Lipinski definition) is 0. The molecule has 0 heterocycles. The van der Waals surface area contributed by atoms with Crippen LogP contribution in [0.2, 0.25) is 34.5 Å². The molecule has 0 atom stereocenters. The van der Waals surface area contributed by atoms with Gasteiger partial charge < -0.3 is 0 Å². The van der Waals surface area contributed by atoms with Crippen LogP contribution in [0.4, 0.5) is 0 Å². The molecule has 2 aromatic rings. The van der Waals surface area contributed by atoms with Crippen LogP contribution in [0, 0.1) is 0 Å². The first-order valence-corrected chi connectivity index (χ1v) is 22.8. The third-order valence-electron chi connectivity index (χ3n) is 3.87. The Morgan fingerprint density at radius 1 is 0.500 bits per heavy atom. The van der Waals surface area contributed by atoms with Crippen molar-refractivity contribution in [1.82, 2.24) is 0 Å². The second-order valence-electron chi connectivity index (χ2n) is 7.98. The van der Waals surface area contributed by atoms with E-state index in [1.54, 1.807) is 8.81 Å². The van der Waals surface area contributed by atoms with Gasteiger partial charge in [0.05, 0.1) is 0 Å². The van der Waals surface area contributed by atoms with Crippen LogP contribution in [0.1, 0.15) is 11.1 Å². The van der Waals surface area contributed by atoms with Crippen molar-refractivity contribution in [3.05, 3.63) is 71.8 Å². The molecule has 0 saturated heterocycles. The van der Waals surface area contributed by atoms with Gasteiger partial charge in [0.25, 0.3) is 0 Å². The van der Waals surface area contributed by atoms with Crippen molar-refractivity contribution in [2.75, 3.05) is 0 Å². The topological polar surface area (TPSA) is 0 Å². The molecule has 0 saturated carbocycles. The molecule has 0 radical (unpaired) electrons. The van der Waals surface area contributed by atoms with E-state index in [2.05, 4.69) is 95.2 Å². The minimum atomic E-state index is -2.01. The molecule has 2 aromatic carbocycles. The van der Waals surface area contributed by atoms with Gasteiger partial charge in [0.2, 0.25) is 0 Å². The van der Waals surface area contributed by atoms with E-state index in [0.29, 0.717) is 0 Å². The van der Waals surface area contributed by atoms with Crippen molar-refractivity contribution in [3.63, 3.8) is 0 Å². The Kier molecular flexibility index (Phi) is 5.44. The van der Waals surface area contributed by atoms with Crippen molar-refractivity contribution >= 4 is 35.3 Å². The first kappa shape index (κ1) is 17.6. The van der Waals surface area contributed by atoms with Crippen LogP contribution in [0.5, 0.6) is 0 Å². The number of rotatable bonds is 4. The summed E-state index contributed by atoms with van der Waals surface area (Å²) in [5, 5.41) is 0. The van der Waals surface area contributed by atoms with E-state index in [1.807, 2.05) is 0 Å². The molecule has 0 nitrogen and oxygen atoms in total. The number of hydrogen-bond donors (Lipinski definition) is 0. The summed E-state index contributed by atoms with van der Waals surface area (Å²) < 4.78 is 3.42. The van der Waals surface area contributed by atoms with E-state index >= 15 is 0 Å².